The van der Waals surface area contributed by atoms with Crippen LogP contribution < -0.4 is 0 Å². The van der Waals surface area contributed by atoms with Crippen molar-refractivity contribution >= 4 is 17.3 Å². The summed E-state index contributed by atoms with van der Waals surface area (Å²) in [4.78, 5) is 20.6. The van der Waals surface area contributed by atoms with Gasteiger partial charge < -0.3 is 4.74 Å². The number of thiazole rings is 1. The number of esters is 1. The van der Waals surface area contributed by atoms with Gasteiger partial charge in [0.15, 0.2) is 0 Å². The van der Waals surface area contributed by atoms with E-state index in [1.165, 1.54) is 17.7 Å². The fourth-order valence-electron chi connectivity index (χ4n) is 2.02. The maximum absolute atomic E-state index is 12.1. The van der Waals surface area contributed by atoms with Crippen LogP contribution in [0.15, 0.2) is 42.4 Å². The molecule has 0 amide bonds. The van der Waals surface area contributed by atoms with E-state index in [9.17, 15) is 4.79 Å². The summed E-state index contributed by atoms with van der Waals surface area (Å²) in [6, 6.07) is 7.64. The molecular formula is C15H14N4O2S. The van der Waals surface area contributed by atoms with E-state index in [0.717, 1.165) is 11.3 Å². The quantitative estimate of drug-likeness (QED) is 0.692. The zero-order valence-electron chi connectivity index (χ0n) is 12.1. The van der Waals surface area contributed by atoms with E-state index in [4.69, 9.17) is 4.74 Å². The SMILES string of the molecule is Cc1ncsc1C(=O)O[C@@H](C)c1ccc(-n2cncn2)cc1. The molecule has 6 nitrogen and oxygen atoms in total. The molecule has 0 aliphatic carbocycles. The van der Waals surface area contributed by atoms with E-state index < -0.39 is 0 Å². The molecule has 0 unspecified atom stereocenters. The summed E-state index contributed by atoms with van der Waals surface area (Å²) < 4.78 is 7.16. The maximum Gasteiger partial charge on any atom is 0.350 e. The van der Waals surface area contributed by atoms with Gasteiger partial charge in [0.25, 0.3) is 0 Å². The molecule has 0 saturated carbocycles. The van der Waals surface area contributed by atoms with Crippen LogP contribution in [0.5, 0.6) is 0 Å². The number of carbonyl (C=O) groups excluding carboxylic acids is 1. The van der Waals surface area contributed by atoms with E-state index >= 15 is 0 Å². The van der Waals surface area contributed by atoms with Crippen LogP contribution in [0.2, 0.25) is 0 Å². The van der Waals surface area contributed by atoms with Crippen LogP contribution in [0.4, 0.5) is 0 Å². The number of aryl methyl sites for hydroxylation is 1. The molecule has 0 aliphatic heterocycles. The lowest BCUT2D eigenvalue weighted by atomic mass is 10.1. The third kappa shape index (κ3) is 2.89. The van der Waals surface area contributed by atoms with E-state index in [1.54, 1.807) is 23.4 Å². The highest BCUT2D eigenvalue weighted by Gasteiger charge is 2.17. The Morgan fingerprint density at radius 2 is 2.09 bits per heavy atom. The van der Waals surface area contributed by atoms with Gasteiger partial charge in [-0.25, -0.2) is 19.4 Å². The molecule has 112 valence electrons. The molecule has 22 heavy (non-hydrogen) atoms. The Morgan fingerprint density at radius 3 is 2.68 bits per heavy atom. The summed E-state index contributed by atoms with van der Waals surface area (Å²) >= 11 is 1.29. The van der Waals surface area contributed by atoms with Gasteiger partial charge in [0.2, 0.25) is 0 Å². The van der Waals surface area contributed by atoms with Gasteiger partial charge >= 0.3 is 5.97 Å². The van der Waals surface area contributed by atoms with Crippen molar-refractivity contribution in [3.05, 3.63) is 58.6 Å². The van der Waals surface area contributed by atoms with Crippen LogP contribution in [0.1, 0.15) is 34.0 Å². The highest BCUT2D eigenvalue weighted by Crippen LogP contribution is 2.22. The Kier molecular flexibility index (Phi) is 3.97. The zero-order chi connectivity index (χ0) is 15.5. The first-order valence-electron chi connectivity index (χ1n) is 6.71. The van der Waals surface area contributed by atoms with Crippen LogP contribution in [0.3, 0.4) is 0 Å². The average molecular weight is 314 g/mol. The Morgan fingerprint density at radius 1 is 1.32 bits per heavy atom. The smallest absolute Gasteiger partial charge is 0.350 e. The zero-order valence-corrected chi connectivity index (χ0v) is 12.9. The number of nitrogens with zero attached hydrogens (tertiary/aromatic N) is 4. The fraction of sp³-hybridized carbons (Fsp3) is 0.200. The number of ether oxygens (including phenoxy) is 1. The molecule has 0 spiro atoms. The number of aromatic nitrogens is 4. The maximum atomic E-state index is 12.1. The van der Waals surface area contributed by atoms with Crippen molar-refractivity contribution in [3.8, 4) is 5.69 Å². The largest absolute Gasteiger partial charge is 0.454 e. The third-order valence-electron chi connectivity index (χ3n) is 3.26. The van der Waals surface area contributed by atoms with E-state index in [0.29, 0.717) is 10.6 Å². The molecule has 3 rings (SSSR count). The molecule has 2 heterocycles. The average Bonchev–Trinajstić information content (AvgIpc) is 3.18. The van der Waals surface area contributed by atoms with Crippen molar-refractivity contribution in [2.45, 2.75) is 20.0 Å². The van der Waals surface area contributed by atoms with Gasteiger partial charge in [0, 0.05) is 0 Å². The van der Waals surface area contributed by atoms with Gasteiger partial charge in [-0.2, -0.15) is 5.10 Å². The summed E-state index contributed by atoms with van der Waals surface area (Å²) in [5, 5.41) is 4.07. The van der Waals surface area contributed by atoms with Crippen molar-refractivity contribution in [1.82, 2.24) is 19.7 Å². The molecule has 0 bridgehead atoms. The van der Waals surface area contributed by atoms with Gasteiger partial charge in [0.05, 0.1) is 16.9 Å². The summed E-state index contributed by atoms with van der Waals surface area (Å²) in [7, 11) is 0. The second-order valence-electron chi connectivity index (χ2n) is 4.75. The molecule has 3 aromatic rings. The van der Waals surface area contributed by atoms with Gasteiger partial charge in [-0.3, -0.25) is 0 Å². The van der Waals surface area contributed by atoms with Crippen LogP contribution in [0, 0.1) is 6.92 Å². The Balaban J connectivity index is 1.71. The lowest BCUT2D eigenvalue weighted by molar-refractivity contribution is 0.0342. The lowest BCUT2D eigenvalue weighted by Crippen LogP contribution is -2.09. The normalized spacial score (nSPS) is 12.1. The minimum Gasteiger partial charge on any atom is -0.454 e. The fourth-order valence-corrected chi connectivity index (χ4v) is 2.70. The number of hydrogen-bond donors (Lipinski definition) is 0. The van der Waals surface area contributed by atoms with Crippen LogP contribution in [-0.4, -0.2) is 25.7 Å². The predicted octanol–water partition coefficient (Wildman–Crippen LogP) is 2.95. The summed E-state index contributed by atoms with van der Waals surface area (Å²) in [5.41, 5.74) is 4.16. The number of benzene rings is 1. The lowest BCUT2D eigenvalue weighted by Gasteiger charge is -2.13. The van der Waals surface area contributed by atoms with Gasteiger partial charge in [0.1, 0.15) is 23.6 Å². The minimum absolute atomic E-state index is 0.334. The molecule has 0 fully saturated rings. The van der Waals surface area contributed by atoms with Gasteiger partial charge in [-0.15, -0.1) is 11.3 Å². The summed E-state index contributed by atoms with van der Waals surface area (Å²) in [5.74, 6) is -0.340. The molecule has 0 saturated heterocycles. The molecule has 2 aromatic heterocycles. The molecule has 0 N–H and O–H groups in total. The van der Waals surface area contributed by atoms with E-state index in [1.807, 2.05) is 31.2 Å². The monoisotopic (exact) mass is 314 g/mol. The third-order valence-corrected chi connectivity index (χ3v) is 4.17. The molecule has 0 radical (unpaired) electrons. The second kappa shape index (κ2) is 6.07. The Hall–Kier alpha value is -2.54. The first kappa shape index (κ1) is 14.4. The first-order valence-corrected chi connectivity index (χ1v) is 7.59. The van der Waals surface area contributed by atoms with Crippen LogP contribution >= 0.6 is 11.3 Å². The molecule has 1 atom stereocenters. The van der Waals surface area contributed by atoms with Gasteiger partial charge in [-0.05, 0) is 31.5 Å². The first-order chi connectivity index (χ1) is 10.6. The Labute approximate surface area is 131 Å². The van der Waals surface area contributed by atoms with Crippen molar-refractivity contribution in [2.24, 2.45) is 0 Å². The topological polar surface area (TPSA) is 69.9 Å². The van der Waals surface area contributed by atoms with E-state index in [2.05, 4.69) is 15.1 Å². The molecule has 7 heteroatoms. The Bertz CT molecular complexity index is 765. The van der Waals surface area contributed by atoms with Crippen molar-refractivity contribution in [2.75, 3.05) is 0 Å². The highest BCUT2D eigenvalue weighted by atomic mass is 32.1. The summed E-state index contributed by atoms with van der Waals surface area (Å²) in [6.45, 7) is 3.64. The summed E-state index contributed by atoms with van der Waals surface area (Å²) in [6.07, 6.45) is 2.78. The molecular weight excluding hydrogens is 300 g/mol. The number of carbonyl (C=O) groups is 1. The standard InChI is InChI=1S/C15H14N4O2S/c1-10-14(22-9-17-10)15(20)21-11(2)12-3-5-13(6-4-12)19-8-16-7-18-19/h3-9,11H,1-2H3/t11-/m0/s1. The molecule has 0 aliphatic rings. The van der Waals surface area contributed by atoms with Crippen LogP contribution in [-0.2, 0) is 4.74 Å². The van der Waals surface area contributed by atoms with Crippen molar-refractivity contribution < 1.29 is 9.53 Å². The highest BCUT2D eigenvalue weighted by molar-refractivity contribution is 7.11. The minimum atomic E-state index is -0.340. The van der Waals surface area contributed by atoms with Gasteiger partial charge in [-0.1, -0.05) is 12.1 Å². The second-order valence-corrected chi connectivity index (χ2v) is 5.60. The number of rotatable bonds is 4. The molecule has 1 aromatic carbocycles. The van der Waals surface area contributed by atoms with Crippen molar-refractivity contribution in [1.29, 1.82) is 0 Å². The predicted molar refractivity (Wildman–Crippen MR) is 82.0 cm³/mol. The van der Waals surface area contributed by atoms with E-state index in [-0.39, 0.29) is 12.1 Å². The van der Waals surface area contributed by atoms with Crippen LogP contribution in [0.25, 0.3) is 5.69 Å². The number of hydrogen-bond acceptors (Lipinski definition) is 6. The van der Waals surface area contributed by atoms with Crippen molar-refractivity contribution in [3.63, 3.8) is 0 Å².